The molecule has 0 amide bonds. The number of piperidine rings is 1. The Morgan fingerprint density at radius 3 is 2.54 bits per heavy atom. The van der Waals surface area contributed by atoms with Crippen molar-refractivity contribution < 1.29 is 2.85 Å². The SMILES string of the molecule is CNNC(=C1CCN(Cc2ccccc2)CC1)c1nc2cc(C)c(C)cc2[nH]1.[HH].[HH]. The number of H-pyrrole nitrogens is 1. The predicted molar refractivity (Wildman–Crippen MR) is 120 cm³/mol. The number of likely N-dealkylation sites (tertiary alicyclic amines) is 1. The quantitative estimate of drug-likeness (QED) is 0.575. The minimum Gasteiger partial charge on any atom is -0.337 e. The lowest BCUT2D eigenvalue weighted by molar-refractivity contribution is 0.248. The van der Waals surface area contributed by atoms with E-state index in [2.05, 4.69) is 77.0 Å². The fraction of sp³-hybridized carbons (Fsp3) is 0.348. The summed E-state index contributed by atoms with van der Waals surface area (Å²) in [4.78, 5) is 10.9. The van der Waals surface area contributed by atoms with Gasteiger partial charge in [-0.15, -0.1) is 0 Å². The second-order valence-electron chi connectivity index (χ2n) is 7.65. The molecule has 28 heavy (non-hydrogen) atoms. The third-order valence-electron chi connectivity index (χ3n) is 5.65. The molecule has 150 valence electrons. The number of hydrogen-bond acceptors (Lipinski definition) is 4. The summed E-state index contributed by atoms with van der Waals surface area (Å²) in [7, 11) is 1.90. The minimum atomic E-state index is 0. The van der Waals surface area contributed by atoms with Crippen molar-refractivity contribution in [2.24, 2.45) is 0 Å². The number of nitrogens with one attached hydrogen (secondary N) is 3. The number of rotatable bonds is 5. The monoisotopic (exact) mass is 379 g/mol. The first-order chi connectivity index (χ1) is 13.6. The molecule has 1 saturated heterocycles. The van der Waals surface area contributed by atoms with E-state index in [1.807, 2.05) is 7.05 Å². The number of hydrogen-bond donors (Lipinski definition) is 3. The van der Waals surface area contributed by atoms with Crippen molar-refractivity contribution in [3.05, 3.63) is 70.6 Å². The molecule has 3 N–H and O–H groups in total. The molecular weight excluding hydrogens is 346 g/mol. The number of hydrazine groups is 1. The van der Waals surface area contributed by atoms with E-state index >= 15 is 0 Å². The van der Waals surface area contributed by atoms with E-state index in [0.29, 0.717) is 0 Å². The van der Waals surface area contributed by atoms with Crippen LogP contribution in [0.5, 0.6) is 0 Å². The van der Waals surface area contributed by atoms with Crippen LogP contribution >= 0.6 is 0 Å². The Kier molecular flexibility index (Phi) is 5.46. The van der Waals surface area contributed by atoms with Gasteiger partial charge >= 0.3 is 0 Å². The van der Waals surface area contributed by atoms with E-state index in [-0.39, 0.29) is 2.85 Å². The Labute approximate surface area is 169 Å². The maximum Gasteiger partial charge on any atom is 0.155 e. The summed E-state index contributed by atoms with van der Waals surface area (Å²) in [5.74, 6) is 0.917. The van der Waals surface area contributed by atoms with Gasteiger partial charge in [-0.05, 0) is 61.1 Å². The molecule has 1 aliphatic heterocycles. The van der Waals surface area contributed by atoms with Crippen LogP contribution < -0.4 is 10.9 Å². The zero-order valence-electron chi connectivity index (χ0n) is 17.0. The van der Waals surface area contributed by atoms with Crippen LogP contribution in [0.3, 0.4) is 0 Å². The molecule has 0 bridgehead atoms. The smallest absolute Gasteiger partial charge is 0.155 e. The van der Waals surface area contributed by atoms with Crippen LogP contribution in [-0.2, 0) is 6.54 Å². The van der Waals surface area contributed by atoms with Crippen molar-refractivity contribution in [1.29, 1.82) is 0 Å². The lowest BCUT2D eigenvalue weighted by Gasteiger charge is -2.29. The van der Waals surface area contributed by atoms with Crippen LogP contribution in [0.4, 0.5) is 0 Å². The van der Waals surface area contributed by atoms with Gasteiger partial charge < -0.3 is 10.4 Å². The number of aromatic nitrogens is 2. The minimum absolute atomic E-state index is 0. The third kappa shape index (κ3) is 3.96. The van der Waals surface area contributed by atoms with Crippen LogP contribution in [0.2, 0.25) is 0 Å². The predicted octanol–water partition coefficient (Wildman–Crippen LogP) is 4.40. The first-order valence-electron chi connectivity index (χ1n) is 10.0. The Hall–Kier alpha value is -2.63. The van der Waals surface area contributed by atoms with Crippen molar-refractivity contribution in [3.63, 3.8) is 0 Å². The maximum atomic E-state index is 4.87. The Balaban J connectivity index is 0.00000160. The highest BCUT2D eigenvalue weighted by Gasteiger charge is 2.20. The molecule has 2 heterocycles. The Morgan fingerprint density at radius 2 is 1.82 bits per heavy atom. The van der Waals surface area contributed by atoms with Crippen LogP contribution in [0, 0.1) is 13.8 Å². The van der Waals surface area contributed by atoms with Crippen LogP contribution in [-0.4, -0.2) is 35.0 Å². The third-order valence-corrected chi connectivity index (χ3v) is 5.65. The molecule has 1 aromatic heterocycles. The molecule has 1 fully saturated rings. The van der Waals surface area contributed by atoms with E-state index in [1.54, 1.807) is 0 Å². The molecule has 0 atom stereocenters. The normalized spacial score (nSPS) is 15.2. The van der Waals surface area contributed by atoms with Gasteiger partial charge in [-0.1, -0.05) is 30.3 Å². The standard InChI is InChI=1S/C23H29N5.2H2/c1-16-13-20-21(14-17(16)2)26-23(25-20)22(27-24-3)19-9-11-28(12-10-19)15-18-7-5-4-6-8-18;;/h4-8,13-14,24,27H,9-12,15H2,1-3H3,(H,25,26);2*1H. The van der Waals surface area contributed by atoms with E-state index in [0.717, 1.165) is 55.0 Å². The molecule has 0 radical (unpaired) electrons. The Morgan fingerprint density at radius 1 is 1.11 bits per heavy atom. The van der Waals surface area contributed by atoms with Gasteiger partial charge in [-0.3, -0.25) is 4.90 Å². The number of aromatic amines is 1. The van der Waals surface area contributed by atoms with E-state index in [1.165, 1.54) is 22.3 Å². The lowest BCUT2D eigenvalue weighted by atomic mass is 10.0. The second kappa shape index (κ2) is 8.17. The van der Waals surface area contributed by atoms with Crippen LogP contribution in [0.15, 0.2) is 48.0 Å². The molecular formula is C23H33N5. The van der Waals surface area contributed by atoms with Gasteiger partial charge in [-0.25, -0.2) is 10.4 Å². The van der Waals surface area contributed by atoms with Gasteiger partial charge in [0.15, 0.2) is 5.82 Å². The van der Waals surface area contributed by atoms with Crippen molar-refractivity contribution in [1.82, 2.24) is 25.7 Å². The van der Waals surface area contributed by atoms with Gasteiger partial charge in [0, 0.05) is 29.5 Å². The van der Waals surface area contributed by atoms with E-state index < -0.39 is 0 Å². The van der Waals surface area contributed by atoms with Crippen molar-refractivity contribution in [2.75, 3.05) is 20.1 Å². The Bertz CT molecular complexity index is 949. The topological polar surface area (TPSA) is 56.0 Å². The maximum absolute atomic E-state index is 4.87. The van der Waals surface area contributed by atoms with Gasteiger partial charge in [-0.2, -0.15) is 0 Å². The van der Waals surface area contributed by atoms with Gasteiger partial charge in [0.05, 0.1) is 16.7 Å². The van der Waals surface area contributed by atoms with E-state index in [4.69, 9.17) is 4.98 Å². The van der Waals surface area contributed by atoms with Gasteiger partial charge in [0.25, 0.3) is 0 Å². The fourth-order valence-corrected chi connectivity index (χ4v) is 3.90. The van der Waals surface area contributed by atoms with E-state index in [9.17, 15) is 0 Å². The number of imidazole rings is 1. The van der Waals surface area contributed by atoms with Crippen LogP contribution in [0.1, 0.15) is 38.2 Å². The summed E-state index contributed by atoms with van der Waals surface area (Å²) in [6, 6.07) is 15.1. The average molecular weight is 380 g/mol. The first-order valence-corrected chi connectivity index (χ1v) is 10.0. The zero-order chi connectivity index (χ0) is 19.5. The number of benzene rings is 2. The van der Waals surface area contributed by atoms with Gasteiger partial charge in [0.2, 0.25) is 0 Å². The summed E-state index contributed by atoms with van der Waals surface area (Å²) in [5, 5.41) is 0. The fourth-order valence-electron chi connectivity index (χ4n) is 3.90. The highest BCUT2D eigenvalue weighted by molar-refractivity contribution is 5.80. The number of fused-ring (bicyclic) bond motifs is 1. The summed E-state index contributed by atoms with van der Waals surface area (Å²) in [5.41, 5.74) is 15.0. The highest BCUT2D eigenvalue weighted by Crippen LogP contribution is 2.26. The molecule has 5 nitrogen and oxygen atoms in total. The zero-order valence-corrected chi connectivity index (χ0v) is 17.0. The first kappa shape index (κ1) is 18.7. The van der Waals surface area contributed by atoms with Gasteiger partial charge in [0.1, 0.15) is 0 Å². The summed E-state index contributed by atoms with van der Waals surface area (Å²) in [6.07, 6.45) is 2.10. The molecule has 1 aliphatic rings. The second-order valence-corrected chi connectivity index (χ2v) is 7.65. The lowest BCUT2D eigenvalue weighted by Crippen LogP contribution is -2.33. The summed E-state index contributed by atoms with van der Waals surface area (Å²) < 4.78 is 0. The van der Waals surface area contributed by atoms with Crippen molar-refractivity contribution in [3.8, 4) is 0 Å². The summed E-state index contributed by atoms with van der Waals surface area (Å²) in [6.45, 7) is 7.43. The largest absolute Gasteiger partial charge is 0.337 e. The molecule has 0 spiro atoms. The molecule has 0 saturated carbocycles. The molecule has 3 aromatic rings. The average Bonchev–Trinajstić information content (AvgIpc) is 3.10. The highest BCUT2D eigenvalue weighted by atomic mass is 15.3. The summed E-state index contributed by atoms with van der Waals surface area (Å²) >= 11 is 0. The molecule has 5 heteroatoms. The molecule has 0 aliphatic carbocycles. The molecule has 4 rings (SSSR count). The van der Waals surface area contributed by atoms with Crippen molar-refractivity contribution in [2.45, 2.75) is 33.2 Å². The number of nitrogens with zero attached hydrogens (tertiary/aromatic N) is 2. The molecule has 2 aromatic carbocycles. The van der Waals surface area contributed by atoms with Crippen LogP contribution in [0.25, 0.3) is 16.7 Å². The van der Waals surface area contributed by atoms with Crippen molar-refractivity contribution >= 4 is 16.7 Å². The number of aryl methyl sites for hydroxylation is 2. The molecule has 0 unspecified atom stereocenters.